The van der Waals surface area contributed by atoms with Gasteiger partial charge in [0.15, 0.2) is 0 Å². The molecule has 0 amide bonds. The van der Waals surface area contributed by atoms with E-state index in [1.54, 1.807) is 13.8 Å². The molecule has 0 aliphatic carbocycles. The molecule has 2 heterocycles. The number of esters is 1. The van der Waals surface area contributed by atoms with E-state index < -0.39 is 12.1 Å². The molecule has 0 N–H and O–H groups in total. The van der Waals surface area contributed by atoms with Gasteiger partial charge in [0.25, 0.3) is 0 Å². The molecule has 1 aromatic carbocycles. The highest BCUT2D eigenvalue weighted by molar-refractivity contribution is 6.07. The standard InChI is InChI=1S/C17H18N2O5/c1-3-22-16(20)12-9-10-19-13-8-6-5-7-11(13)15(18-14(12)19)24-17(21)23-4-2/h5-8H,3-4,9-10H2,1-2H3. The van der Waals surface area contributed by atoms with Gasteiger partial charge in [0.1, 0.15) is 5.82 Å². The second kappa shape index (κ2) is 6.74. The van der Waals surface area contributed by atoms with Crippen LogP contribution in [0.3, 0.4) is 0 Å². The van der Waals surface area contributed by atoms with Gasteiger partial charge in [-0.1, -0.05) is 12.1 Å². The number of ether oxygens (including phenoxy) is 3. The van der Waals surface area contributed by atoms with Gasteiger partial charge in [0, 0.05) is 13.0 Å². The molecule has 0 bridgehead atoms. The van der Waals surface area contributed by atoms with Crippen LogP contribution in [0.1, 0.15) is 25.8 Å². The first-order valence-corrected chi connectivity index (χ1v) is 7.86. The van der Waals surface area contributed by atoms with Crippen LogP contribution in [0.15, 0.2) is 40.7 Å². The fourth-order valence-corrected chi connectivity index (χ4v) is 2.73. The lowest BCUT2D eigenvalue weighted by molar-refractivity contribution is -0.138. The maximum Gasteiger partial charge on any atom is 0.515 e. The molecule has 1 aromatic rings. The van der Waals surface area contributed by atoms with Crippen molar-refractivity contribution in [2.45, 2.75) is 20.3 Å². The van der Waals surface area contributed by atoms with Crippen molar-refractivity contribution >= 4 is 23.7 Å². The van der Waals surface area contributed by atoms with Crippen molar-refractivity contribution in [1.29, 1.82) is 0 Å². The summed E-state index contributed by atoms with van der Waals surface area (Å²) in [5.74, 6) is 0.194. The van der Waals surface area contributed by atoms with Crippen molar-refractivity contribution in [1.82, 2.24) is 0 Å². The van der Waals surface area contributed by atoms with E-state index in [-0.39, 0.29) is 12.5 Å². The lowest BCUT2D eigenvalue weighted by Crippen LogP contribution is -2.28. The Morgan fingerprint density at radius 3 is 2.67 bits per heavy atom. The third-order valence-electron chi connectivity index (χ3n) is 3.71. The molecule has 0 spiro atoms. The maximum atomic E-state index is 12.1. The molecule has 0 saturated heterocycles. The molecule has 7 nitrogen and oxygen atoms in total. The zero-order valence-electron chi connectivity index (χ0n) is 13.6. The Morgan fingerprint density at radius 1 is 1.17 bits per heavy atom. The Hall–Kier alpha value is -2.83. The van der Waals surface area contributed by atoms with E-state index in [4.69, 9.17) is 14.2 Å². The van der Waals surface area contributed by atoms with E-state index in [2.05, 4.69) is 4.99 Å². The highest BCUT2D eigenvalue weighted by Gasteiger charge is 2.35. The molecule has 126 valence electrons. The largest absolute Gasteiger partial charge is 0.515 e. The van der Waals surface area contributed by atoms with Gasteiger partial charge in [0.2, 0.25) is 5.90 Å². The lowest BCUT2D eigenvalue weighted by atomic mass is 10.1. The molecule has 3 rings (SSSR count). The minimum atomic E-state index is -0.823. The number of hydrogen-bond acceptors (Lipinski definition) is 7. The number of aliphatic imine (C=N–C) groups is 1. The van der Waals surface area contributed by atoms with Crippen LogP contribution in [0.25, 0.3) is 0 Å². The first kappa shape index (κ1) is 16.0. The zero-order valence-corrected chi connectivity index (χ0v) is 13.6. The second-order valence-electron chi connectivity index (χ2n) is 5.14. The van der Waals surface area contributed by atoms with E-state index in [9.17, 15) is 9.59 Å². The van der Waals surface area contributed by atoms with Crippen LogP contribution < -0.4 is 4.90 Å². The van der Waals surface area contributed by atoms with Crippen LogP contribution in [0.2, 0.25) is 0 Å². The number of carbonyl (C=O) groups excluding carboxylic acids is 2. The zero-order chi connectivity index (χ0) is 17.1. The Kier molecular flexibility index (Phi) is 4.50. The van der Waals surface area contributed by atoms with Crippen LogP contribution >= 0.6 is 0 Å². The van der Waals surface area contributed by atoms with Gasteiger partial charge >= 0.3 is 12.1 Å². The van der Waals surface area contributed by atoms with Crippen LogP contribution in [0, 0.1) is 0 Å². The van der Waals surface area contributed by atoms with E-state index in [1.165, 1.54) is 0 Å². The van der Waals surface area contributed by atoms with Crippen molar-refractivity contribution in [3.63, 3.8) is 0 Å². The number of para-hydroxylation sites is 1. The molecule has 2 aliphatic heterocycles. The minimum Gasteiger partial charge on any atom is -0.463 e. The van der Waals surface area contributed by atoms with Crippen LogP contribution in [-0.2, 0) is 19.0 Å². The molecule has 0 atom stereocenters. The first-order valence-electron chi connectivity index (χ1n) is 7.86. The second-order valence-corrected chi connectivity index (χ2v) is 5.14. The molecule has 24 heavy (non-hydrogen) atoms. The predicted molar refractivity (Wildman–Crippen MR) is 86.7 cm³/mol. The average Bonchev–Trinajstić information content (AvgIpc) is 2.99. The summed E-state index contributed by atoms with van der Waals surface area (Å²) in [4.78, 5) is 30.1. The highest BCUT2D eigenvalue weighted by Crippen LogP contribution is 2.37. The molecular weight excluding hydrogens is 312 g/mol. The SMILES string of the molecule is CCOC(=O)OC1=NC2=C(C(=O)OCC)CCN2c2ccccc21. The van der Waals surface area contributed by atoms with Crippen LogP contribution in [0.4, 0.5) is 10.5 Å². The third-order valence-corrected chi connectivity index (χ3v) is 3.71. The highest BCUT2D eigenvalue weighted by atomic mass is 16.7. The lowest BCUT2D eigenvalue weighted by Gasteiger charge is -2.27. The van der Waals surface area contributed by atoms with E-state index >= 15 is 0 Å². The Balaban J connectivity index is 2.03. The first-order chi connectivity index (χ1) is 11.7. The van der Waals surface area contributed by atoms with Gasteiger partial charge < -0.3 is 19.1 Å². The Labute approximate surface area is 139 Å². The summed E-state index contributed by atoms with van der Waals surface area (Å²) in [6.45, 7) is 4.57. The Bertz CT molecular complexity index is 738. The number of carbonyl (C=O) groups is 2. The number of fused-ring (bicyclic) bond motifs is 3. The number of benzene rings is 1. The van der Waals surface area contributed by atoms with E-state index in [0.717, 1.165) is 5.69 Å². The molecule has 0 fully saturated rings. The molecule has 7 heteroatoms. The van der Waals surface area contributed by atoms with Gasteiger partial charge in [0.05, 0.1) is 30.0 Å². The van der Waals surface area contributed by atoms with Crippen molar-refractivity contribution in [2.24, 2.45) is 4.99 Å². The fraction of sp³-hybridized carbons (Fsp3) is 0.353. The van der Waals surface area contributed by atoms with Crippen LogP contribution in [0.5, 0.6) is 0 Å². The van der Waals surface area contributed by atoms with Gasteiger partial charge in [-0.05, 0) is 26.0 Å². The predicted octanol–water partition coefficient (Wildman–Crippen LogP) is 2.60. The molecular formula is C17H18N2O5. The van der Waals surface area contributed by atoms with Gasteiger partial charge in [-0.3, -0.25) is 0 Å². The minimum absolute atomic E-state index is 0.124. The Morgan fingerprint density at radius 2 is 1.92 bits per heavy atom. The van der Waals surface area contributed by atoms with Crippen molar-refractivity contribution in [3.05, 3.63) is 41.2 Å². The summed E-state index contributed by atoms with van der Waals surface area (Å²) in [7, 11) is 0. The van der Waals surface area contributed by atoms with Crippen molar-refractivity contribution in [3.8, 4) is 0 Å². The summed E-state index contributed by atoms with van der Waals surface area (Å²) in [6, 6.07) is 7.42. The summed E-state index contributed by atoms with van der Waals surface area (Å²) in [5.41, 5.74) is 2.00. The monoisotopic (exact) mass is 330 g/mol. The molecule has 0 saturated carbocycles. The molecule has 0 unspecified atom stereocenters. The van der Waals surface area contributed by atoms with Gasteiger partial charge in [-0.15, -0.1) is 0 Å². The summed E-state index contributed by atoms with van der Waals surface area (Å²) >= 11 is 0. The quantitative estimate of drug-likeness (QED) is 0.793. The van der Waals surface area contributed by atoms with Crippen LogP contribution in [-0.4, -0.2) is 37.8 Å². The maximum absolute atomic E-state index is 12.1. The number of nitrogens with zero attached hydrogens (tertiary/aromatic N) is 2. The smallest absolute Gasteiger partial charge is 0.463 e. The topological polar surface area (TPSA) is 77.4 Å². The fourth-order valence-electron chi connectivity index (χ4n) is 2.73. The molecule has 0 aromatic heterocycles. The number of rotatable bonds is 3. The average molecular weight is 330 g/mol. The van der Waals surface area contributed by atoms with E-state index in [0.29, 0.717) is 36.5 Å². The normalized spacial score (nSPS) is 15.4. The number of hydrogen-bond donors (Lipinski definition) is 0. The van der Waals surface area contributed by atoms with E-state index in [1.807, 2.05) is 29.2 Å². The number of anilines is 1. The summed E-state index contributed by atoms with van der Waals surface area (Å²) in [6.07, 6.45) is -0.297. The van der Waals surface area contributed by atoms with Crippen molar-refractivity contribution < 1.29 is 23.8 Å². The van der Waals surface area contributed by atoms with Gasteiger partial charge in [-0.25, -0.2) is 9.59 Å². The van der Waals surface area contributed by atoms with Crippen molar-refractivity contribution in [2.75, 3.05) is 24.7 Å². The molecule has 2 aliphatic rings. The molecule has 0 radical (unpaired) electrons. The summed E-state index contributed by atoms with van der Waals surface area (Å²) < 4.78 is 15.1. The summed E-state index contributed by atoms with van der Waals surface area (Å²) in [5, 5.41) is 0. The van der Waals surface area contributed by atoms with Gasteiger partial charge in [-0.2, -0.15) is 4.99 Å². The third kappa shape index (κ3) is 2.84.